The first-order valence-corrected chi connectivity index (χ1v) is 9.64. The lowest BCUT2D eigenvalue weighted by atomic mass is 10.2. The number of aromatic amines is 1. The lowest BCUT2D eigenvalue weighted by molar-refractivity contribution is 0.197. The fourth-order valence-corrected chi connectivity index (χ4v) is 4.04. The predicted molar refractivity (Wildman–Crippen MR) is 99.9 cm³/mol. The smallest absolute Gasteiger partial charge is 0.244 e. The van der Waals surface area contributed by atoms with Gasteiger partial charge in [0.2, 0.25) is 11.7 Å². The van der Waals surface area contributed by atoms with E-state index in [9.17, 15) is 0 Å². The number of imidazole rings is 1. The third kappa shape index (κ3) is 3.32. The third-order valence-electron chi connectivity index (χ3n) is 5.43. The van der Waals surface area contributed by atoms with Gasteiger partial charge in [0.1, 0.15) is 11.6 Å². The summed E-state index contributed by atoms with van der Waals surface area (Å²) in [7, 11) is 0. The lowest BCUT2D eigenvalue weighted by Crippen LogP contribution is -2.23. The topological polar surface area (TPSA) is 87.0 Å². The Morgan fingerprint density at radius 2 is 2.04 bits per heavy atom. The molecule has 1 N–H and O–H groups in total. The van der Waals surface area contributed by atoms with Crippen molar-refractivity contribution in [3.63, 3.8) is 0 Å². The van der Waals surface area contributed by atoms with Crippen LogP contribution in [0.15, 0.2) is 35.2 Å². The van der Waals surface area contributed by atoms with Gasteiger partial charge in [-0.25, -0.2) is 9.97 Å². The van der Waals surface area contributed by atoms with Gasteiger partial charge in [0.05, 0.1) is 12.6 Å². The molecule has 8 heteroatoms. The second-order valence-corrected chi connectivity index (χ2v) is 7.22. The average Bonchev–Trinajstić information content (AvgIpc) is 3.49. The zero-order valence-electron chi connectivity index (χ0n) is 15.2. The Hall–Kier alpha value is -2.74. The van der Waals surface area contributed by atoms with Gasteiger partial charge in [-0.1, -0.05) is 5.16 Å². The summed E-state index contributed by atoms with van der Waals surface area (Å²) < 4.78 is 5.65. The van der Waals surface area contributed by atoms with Gasteiger partial charge in [-0.2, -0.15) is 4.98 Å². The summed E-state index contributed by atoms with van der Waals surface area (Å²) in [5.41, 5.74) is 0.956. The van der Waals surface area contributed by atoms with E-state index < -0.39 is 0 Å². The van der Waals surface area contributed by atoms with Gasteiger partial charge in [0.25, 0.3) is 0 Å². The van der Waals surface area contributed by atoms with Gasteiger partial charge >= 0.3 is 0 Å². The minimum atomic E-state index is 0.149. The molecule has 3 aromatic rings. The van der Waals surface area contributed by atoms with Crippen LogP contribution in [0.25, 0.3) is 11.4 Å². The first-order chi connectivity index (χ1) is 13.4. The van der Waals surface area contributed by atoms with Gasteiger partial charge in [0.15, 0.2) is 0 Å². The van der Waals surface area contributed by atoms with Crippen LogP contribution in [-0.2, 0) is 6.54 Å². The second-order valence-electron chi connectivity index (χ2n) is 7.22. The Morgan fingerprint density at radius 1 is 1.11 bits per heavy atom. The van der Waals surface area contributed by atoms with E-state index in [1.807, 2.05) is 18.5 Å². The lowest BCUT2D eigenvalue weighted by Gasteiger charge is -2.19. The van der Waals surface area contributed by atoms with Crippen molar-refractivity contribution in [3.8, 4) is 11.4 Å². The molecule has 0 aromatic carbocycles. The Morgan fingerprint density at radius 3 is 2.89 bits per heavy atom. The summed E-state index contributed by atoms with van der Waals surface area (Å²) in [6, 6.07) is 4.16. The van der Waals surface area contributed by atoms with Gasteiger partial charge in [-0.15, -0.1) is 0 Å². The minimum Gasteiger partial charge on any atom is -0.357 e. The van der Waals surface area contributed by atoms with Crippen molar-refractivity contribution in [2.24, 2.45) is 0 Å². The summed E-state index contributed by atoms with van der Waals surface area (Å²) in [6.07, 6.45) is 10.1. The van der Waals surface area contributed by atoms with E-state index >= 15 is 0 Å². The summed E-state index contributed by atoms with van der Waals surface area (Å²) in [5, 5.41) is 4.25. The van der Waals surface area contributed by atoms with E-state index in [1.54, 1.807) is 6.20 Å². The van der Waals surface area contributed by atoms with Crippen LogP contribution in [0.1, 0.15) is 43.4 Å². The van der Waals surface area contributed by atoms with E-state index in [0.717, 1.165) is 56.2 Å². The molecule has 0 unspecified atom stereocenters. The average molecular weight is 365 g/mol. The Bertz CT molecular complexity index is 885. The summed E-state index contributed by atoms with van der Waals surface area (Å²) in [5.74, 6) is 3.29. The molecule has 140 valence electrons. The fourth-order valence-electron chi connectivity index (χ4n) is 4.04. The molecule has 5 heterocycles. The molecule has 2 fully saturated rings. The molecule has 0 aliphatic carbocycles. The van der Waals surface area contributed by atoms with Gasteiger partial charge in [-0.05, 0) is 44.4 Å². The van der Waals surface area contributed by atoms with Crippen molar-refractivity contribution >= 4 is 5.82 Å². The maximum Gasteiger partial charge on any atom is 0.244 e. The number of aromatic nitrogens is 5. The first-order valence-electron chi connectivity index (χ1n) is 9.64. The normalized spacial score (nSPS) is 20.6. The highest BCUT2D eigenvalue weighted by Gasteiger charge is 2.31. The first kappa shape index (κ1) is 16.4. The highest BCUT2D eigenvalue weighted by Crippen LogP contribution is 2.33. The Kier molecular flexibility index (Phi) is 4.33. The maximum atomic E-state index is 5.65. The molecule has 1 atom stereocenters. The van der Waals surface area contributed by atoms with Crippen LogP contribution in [0.3, 0.4) is 0 Å². The largest absolute Gasteiger partial charge is 0.357 e. The number of rotatable bonds is 5. The second kappa shape index (κ2) is 7.11. The number of hydrogen-bond donors (Lipinski definition) is 1. The highest BCUT2D eigenvalue weighted by molar-refractivity contribution is 5.59. The van der Waals surface area contributed by atoms with Crippen LogP contribution in [0.5, 0.6) is 0 Å². The molecule has 0 amide bonds. The van der Waals surface area contributed by atoms with E-state index in [0.29, 0.717) is 11.7 Å². The standard InChI is InChI=1S/C19H23N7O/c1-2-10-25(9-1)17-12-14(5-6-22-17)18-23-19(27-24-18)15-4-3-11-26(15)13-16-20-7-8-21-16/h5-8,12,15H,1-4,9-11,13H2,(H,20,21)/t15-/m0/s1. The maximum absolute atomic E-state index is 5.65. The molecule has 2 saturated heterocycles. The zero-order valence-corrected chi connectivity index (χ0v) is 15.2. The van der Waals surface area contributed by atoms with Crippen molar-refractivity contribution in [1.29, 1.82) is 0 Å². The van der Waals surface area contributed by atoms with Gasteiger partial charge in [-0.3, -0.25) is 4.90 Å². The van der Waals surface area contributed by atoms with Crippen LogP contribution in [0, 0.1) is 0 Å². The Labute approximate surface area is 157 Å². The highest BCUT2D eigenvalue weighted by atomic mass is 16.5. The van der Waals surface area contributed by atoms with E-state index in [2.05, 4.69) is 36.0 Å². The quantitative estimate of drug-likeness (QED) is 0.744. The van der Waals surface area contributed by atoms with Crippen LogP contribution < -0.4 is 4.90 Å². The number of anilines is 1. The van der Waals surface area contributed by atoms with Crippen LogP contribution in [-0.4, -0.2) is 49.6 Å². The zero-order chi connectivity index (χ0) is 18.1. The molecule has 0 bridgehead atoms. The SMILES string of the molecule is c1cc(-c2noc([C@@H]3CCCN3Cc3ncc[nH]3)n2)cc(N2CCCC2)n1. The van der Waals surface area contributed by atoms with Crippen molar-refractivity contribution in [1.82, 2.24) is 30.0 Å². The molecule has 0 saturated carbocycles. The molecule has 3 aromatic heterocycles. The van der Waals surface area contributed by atoms with Crippen molar-refractivity contribution in [2.75, 3.05) is 24.5 Å². The fraction of sp³-hybridized carbons (Fsp3) is 0.474. The monoisotopic (exact) mass is 365 g/mol. The van der Waals surface area contributed by atoms with Gasteiger partial charge in [0, 0.05) is 37.2 Å². The van der Waals surface area contributed by atoms with Crippen LogP contribution >= 0.6 is 0 Å². The summed E-state index contributed by atoms with van der Waals surface area (Å²) >= 11 is 0. The molecule has 0 spiro atoms. The molecule has 5 rings (SSSR count). The Balaban J connectivity index is 1.35. The molecule has 0 radical (unpaired) electrons. The number of H-pyrrole nitrogens is 1. The minimum absolute atomic E-state index is 0.149. The van der Waals surface area contributed by atoms with Crippen molar-refractivity contribution < 1.29 is 4.52 Å². The molecule has 2 aliphatic heterocycles. The van der Waals surface area contributed by atoms with E-state index in [-0.39, 0.29) is 6.04 Å². The third-order valence-corrected chi connectivity index (χ3v) is 5.43. The molecular weight excluding hydrogens is 342 g/mol. The number of nitrogens with one attached hydrogen (secondary N) is 1. The molecule has 2 aliphatic rings. The number of hydrogen-bond acceptors (Lipinski definition) is 7. The van der Waals surface area contributed by atoms with E-state index in [1.165, 1.54) is 12.8 Å². The molecule has 8 nitrogen and oxygen atoms in total. The van der Waals surface area contributed by atoms with Crippen LogP contribution in [0.2, 0.25) is 0 Å². The van der Waals surface area contributed by atoms with Gasteiger partial charge < -0.3 is 14.4 Å². The molecule has 27 heavy (non-hydrogen) atoms. The summed E-state index contributed by atoms with van der Waals surface area (Å²) in [6.45, 7) is 3.91. The number of likely N-dealkylation sites (tertiary alicyclic amines) is 1. The van der Waals surface area contributed by atoms with E-state index in [4.69, 9.17) is 9.51 Å². The van der Waals surface area contributed by atoms with Crippen molar-refractivity contribution in [2.45, 2.75) is 38.3 Å². The number of pyridine rings is 1. The van der Waals surface area contributed by atoms with Crippen LogP contribution in [0.4, 0.5) is 5.82 Å². The molecular formula is C19H23N7O. The van der Waals surface area contributed by atoms with Crippen molar-refractivity contribution in [3.05, 3.63) is 42.4 Å². The predicted octanol–water partition coefficient (Wildman–Crippen LogP) is 2.79. The number of nitrogens with zero attached hydrogens (tertiary/aromatic N) is 6. The summed E-state index contributed by atoms with van der Waals surface area (Å²) in [4.78, 5) is 21.4.